The van der Waals surface area contributed by atoms with Gasteiger partial charge >= 0.3 is 0 Å². The maximum atomic E-state index is 10.6. The minimum atomic E-state index is -4.38. The van der Waals surface area contributed by atoms with E-state index in [2.05, 4.69) is 10.6 Å². The summed E-state index contributed by atoms with van der Waals surface area (Å²) in [6.07, 6.45) is 0. The topological polar surface area (TPSA) is 81.3 Å². The van der Waals surface area contributed by atoms with Gasteiger partial charge < -0.3 is 15.2 Å². The second kappa shape index (κ2) is 4.56. The van der Waals surface area contributed by atoms with Crippen LogP contribution in [0.5, 0.6) is 0 Å². The van der Waals surface area contributed by atoms with Crippen LogP contribution in [0.4, 0.5) is 5.69 Å². The van der Waals surface area contributed by atoms with E-state index in [1.165, 1.54) is 24.3 Å². The van der Waals surface area contributed by atoms with Crippen molar-refractivity contribution in [2.45, 2.75) is 4.90 Å². The van der Waals surface area contributed by atoms with Gasteiger partial charge in [-0.05, 0) is 36.5 Å². The number of rotatable bonds is 2. The second-order valence-electron chi connectivity index (χ2n) is 2.68. The lowest BCUT2D eigenvalue weighted by Crippen LogP contribution is -2.24. The Kier molecular flexibility index (Phi) is 3.61. The summed E-state index contributed by atoms with van der Waals surface area (Å²) in [6.45, 7) is 0. The maximum Gasteiger partial charge on any atom is 0.170 e. The molecule has 1 rings (SSSR count). The Morgan fingerprint density at radius 1 is 1.33 bits per heavy atom. The molecule has 0 fully saturated rings. The van der Waals surface area contributed by atoms with Crippen molar-refractivity contribution in [3.63, 3.8) is 0 Å². The molecule has 0 unspecified atom stereocenters. The van der Waals surface area contributed by atoms with E-state index < -0.39 is 10.1 Å². The second-order valence-corrected chi connectivity index (χ2v) is 4.47. The van der Waals surface area contributed by atoms with Crippen molar-refractivity contribution >= 4 is 33.1 Å². The summed E-state index contributed by atoms with van der Waals surface area (Å²) in [6, 6.07) is 5.38. The van der Waals surface area contributed by atoms with Crippen LogP contribution in [-0.4, -0.2) is 25.1 Å². The van der Waals surface area contributed by atoms with Gasteiger partial charge in [-0.2, -0.15) is 0 Å². The van der Waals surface area contributed by atoms with E-state index in [9.17, 15) is 13.0 Å². The molecule has 0 spiro atoms. The van der Waals surface area contributed by atoms with Crippen molar-refractivity contribution in [2.75, 3.05) is 12.4 Å². The largest absolute Gasteiger partial charge is 0.744 e. The number of thiocarbonyl (C=S) groups is 1. The Labute approximate surface area is 93.2 Å². The smallest absolute Gasteiger partial charge is 0.170 e. The van der Waals surface area contributed by atoms with Gasteiger partial charge in [0.1, 0.15) is 10.1 Å². The summed E-state index contributed by atoms with van der Waals surface area (Å²) < 4.78 is 31.8. The molecular weight excluding hydrogens is 236 g/mol. The van der Waals surface area contributed by atoms with E-state index in [1.54, 1.807) is 7.05 Å². The van der Waals surface area contributed by atoms with Crippen molar-refractivity contribution in [1.82, 2.24) is 5.32 Å². The summed E-state index contributed by atoms with van der Waals surface area (Å²) in [5.74, 6) is 0. The first-order valence-corrected chi connectivity index (χ1v) is 5.80. The molecule has 82 valence electrons. The molecule has 2 N–H and O–H groups in total. The fourth-order valence-corrected chi connectivity index (χ4v) is 1.49. The van der Waals surface area contributed by atoms with E-state index in [0.717, 1.165) is 0 Å². The Morgan fingerprint density at radius 3 is 2.27 bits per heavy atom. The minimum absolute atomic E-state index is 0.261. The summed E-state index contributed by atoms with van der Waals surface area (Å²) in [5, 5.41) is 5.90. The molecule has 15 heavy (non-hydrogen) atoms. The zero-order chi connectivity index (χ0) is 11.5. The molecule has 0 aliphatic carbocycles. The highest BCUT2D eigenvalue weighted by atomic mass is 32.2. The molecule has 0 saturated heterocycles. The molecule has 0 radical (unpaired) electrons. The minimum Gasteiger partial charge on any atom is -0.744 e. The predicted molar refractivity (Wildman–Crippen MR) is 59.7 cm³/mol. The Hall–Kier alpha value is -1.18. The molecule has 0 amide bonds. The van der Waals surface area contributed by atoms with Gasteiger partial charge in [0.2, 0.25) is 0 Å². The Balaban J connectivity index is 2.86. The van der Waals surface area contributed by atoms with Crippen LogP contribution in [0.15, 0.2) is 29.2 Å². The summed E-state index contributed by atoms with van der Waals surface area (Å²) in [5.41, 5.74) is 0.613. The monoisotopic (exact) mass is 245 g/mol. The van der Waals surface area contributed by atoms with Crippen LogP contribution >= 0.6 is 12.2 Å². The number of nitrogens with one attached hydrogen (secondary N) is 2. The Morgan fingerprint density at radius 2 is 1.87 bits per heavy atom. The van der Waals surface area contributed by atoms with E-state index in [1.807, 2.05) is 0 Å². The van der Waals surface area contributed by atoms with E-state index in [4.69, 9.17) is 12.2 Å². The Bertz CT molecular complexity index is 453. The lowest BCUT2D eigenvalue weighted by molar-refractivity contribution is 0.463. The van der Waals surface area contributed by atoms with Crippen LogP contribution in [-0.2, 0) is 10.1 Å². The molecule has 0 heterocycles. The number of anilines is 1. The standard InChI is InChI=1S/C8H10N2O3S2/c1-9-8(14)10-6-2-4-7(5-3-6)15(11,12)13/h2-5H,1H3,(H2,9,10,14)(H,11,12,13)/p-1. The van der Waals surface area contributed by atoms with Gasteiger partial charge in [0.15, 0.2) is 5.11 Å². The molecule has 5 nitrogen and oxygen atoms in total. The van der Waals surface area contributed by atoms with Gasteiger partial charge in [0.05, 0.1) is 4.90 Å². The third kappa shape index (κ3) is 3.46. The van der Waals surface area contributed by atoms with Gasteiger partial charge in [0, 0.05) is 12.7 Å². The van der Waals surface area contributed by atoms with Gasteiger partial charge in [-0.15, -0.1) is 0 Å². The highest BCUT2D eigenvalue weighted by Crippen LogP contribution is 2.13. The first-order chi connectivity index (χ1) is 6.93. The summed E-state index contributed by atoms with van der Waals surface area (Å²) in [7, 11) is -2.72. The lowest BCUT2D eigenvalue weighted by atomic mass is 10.3. The van der Waals surface area contributed by atoms with Crippen LogP contribution in [0.2, 0.25) is 0 Å². The number of hydrogen-bond acceptors (Lipinski definition) is 4. The average Bonchev–Trinajstić information content (AvgIpc) is 2.17. The quantitative estimate of drug-likeness (QED) is 0.583. The number of benzene rings is 1. The first-order valence-electron chi connectivity index (χ1n) is 3.98. The fourth-order valence-electron chi connectivity index (χ4n) is 0.899. The zero-order valence-electron chi connectivity index (χ0n) is 7.85. The molecule has 0 aliphatic rings. The van der Waals surface area contributed by atoms with Crippen molar-refractivity contribution in [2.24, 2.45) is 0 Å². The van der Waals surface area contributed by atoms with Crippen LogP contribution in [0, 0.1) is 0 Å². The third-order valence-corrected chi connectivity index (χ3v) is 2.78. The first kappa shape index (κ1) is 11.9. The van der Waals surface area contributed by atoms with E-state index in [-0.39, 0.29) is 4.90 Å². The molecular formula is C8H9N2O3S2-. The normalized spacial score (nSPS) is 10.8. The predicted octanol–water partition coefficient (Wildman–Crippen LogP) is 0.507. The molecule has 1 aromatic rings. The van der Waals surface area contributed by atoms with Gasteiger partial charge in [0.25, 0.3) is 0 Å². The number of hydrogen-bond donors (Lipinski definition) is 2. The van der Waals surface area contributed by atoms with Gasteiger partial charge in [-0.3, -0.25) is 0 Å². The average molecular weight is 245 g/mol. The van der Waals surface area contributed by atoms with Crippen molar-refractivity contribution in [1.29, 1.82) is 0 Å². The third-order valence-electron chi connectivity index (χ3n) is 1.63. The SMILES string of the molecule is CNC(=S)Nc1ccc(S(=O)(=O)[O-])cc1. The zero-order valence-corrected chi connectivity index (χ0v) is 9.48. The molecule has 0 bridgehead atoms. The molecule has 0 saturated carbocycles. The fraction of sp³-hybridized carbons (Fsp3) is 0.125. The van der Waals surface area contributed by atoms with Crippen LogP contribution < -0.4 is 10.6 Å². The van der Waals surface area contributed by atoms with E-state index >= 15 is 0 Å². The molecule has 1 aromatic carbocycles. The molecule has 0 aliphatic heterocycles. The molecule has 0 atom stereocenters. The van der Waals surface area contributed by atoms with Crippen molar-refractivity contribution in [3.8, 4) is 0 Å². The highest BCUT2D eigenvalue weighted by Gasteiger charge is 2.01. The van der Waals surface area contributed by atoms with Crippen LogP contribution in [0.3, 0.4) is 0 Å². The van der Waals surface area contributed by atoms with Crippen LogP contribution in [0.1, 0.15) is 0 Å². The maximum absolute atomic E-state index is 10.6. The van der Waals surface area contributed by atoms with Crippen LogP contribution in [0.25, 0.3) is 0 Å². The summed E-state index contributed by atoms with van der Waals surface area (Å²) >= 11 is 4.84. The van der Waals surface area contributed by atoms with Gasteiger partial charge in [-0.1, -0.05) is 0 Å². The van der Waals surface area contributed by atoms with Crippen molar-refractivity contribution in [3.05, 3.63) is 24.3 Å². The summed E-state index contributed by atoms with van der Waals surface area (Å²) in [4.78, 5) is -0.261. The van der Waals surface area contributed by atoms with Gasteiger partial charge in [-0.25, -0.2) is 8.42 Å². The lowest BCUT2D eigenvalue weighted by Gasteiger charge is -2.09. The van der Waals surface area contributed by atoms with E-state index in [0.29, 0.717) is 10.8 Å². The molecule has 0 aromatic heterocycles. The highest BCUT2D eigenvalue weighted by molar-refractivity contribution is 7.85. The van der Waals surface area contributed by atoms with Crippen molar-refractivity contribution < 1.29 is 13.0 Å². The molecule has 7 heteroatoms.